The number of hydrogen-bond donors (Lipinski definition) is 0. The zero-order chi connectivity index (χ0) is 24.2. The number of aromatic nitrogens is 2. The van der Waals surface area contributed by atoms with Gasteiger partial charge in [-0.2, -0.15) is 4.40 Å². The number of ether oxygens (including phenoxy) is 1. The van der Waals surface area contributed by atoms with Crippen LogP contribution in [0.1, 0.15) is 54.3 Å². The predicted molar refractivity (Wildman–Crippen MR) is 141 cm³/mol. The van der Waals surface area contributed by atoms with Crippen LogP contribution in [0.5, 0.6) is 0 Å². The van der Waals surface area contributed by atoms with Gasteiger partial charge in [0, 0.05) is 5.56 Å². The number of fused-ring (bicyclic) bond motifs is 1. The molecule has 2 aromatic heterocycles. The Morgan fingerprint density at radius 1 is 0.914 bits per heavy atom. The van der Waals surface area contributed by atoms with Gasteiger partial charge in [-0.1, -0.05) is 51.1 Å². The molecule has 0 fully saturated rings. The van der Waals surface area contributed by atoms with E-state index in [1.54, 1.807) is 0 Å². The molecule has 4 heteroatoms. The maximum Gasteiger partial charge on any atom is 0.254 e. The van der Waals surface area contributed by atoms with Crippen molar-refractivity contribution < 1.29 is 9.30 Å². The third-order valence-electron chi connectivity index (χ3n) is 7.62. The third-order valence-corrected chi connectivity index (χ3v) is 7.62. The quantitative estimate of drug-likeness (QED) is 0.355. The maximum absolute atomic E-state index is 6.15. The molecular formula is C31H34N3O+. The Hall–Kier alpha value is -3.40. The van der Waals surface area contributed by atoms with Gasteiger partial charge in [0.15, 0.2) is 5.52 Å². The average Bonchev–Trinajstić information content (AvgIpc) is 3.49. The van der Waals surface area contributed by atoms with E-state index >= 15 is 0 Å². The summed E-state index contributed by atoms with van der Waals surface area (Å²) in [6, 6.07) is 20.6. The summed E-state index contributed by atoms with van der Waals surface area (Å²) in [5.74, 6) is 0.833. The molecule has 4 aromatic rings. The van der Waals surface area contributed by atoms with Crippen molar-refractivity contribution >= 4 is 11.4 Å². The van der Waals surface area contributed by atoms with E-state index in [1.165, 1.54) is 44.7 Å². The number of aliphatic imine (C=N–C) groups is 1. The van der Waals surface area contributed by atoms with Crippen molar-refractivity contribution in [3.8, 4) is 5.69 Å². The average molecular weight is 465 g/mol. The van der Waals surface area contributed by atoms with Crippen molar-refractivity contribution in [1.82, 2.24) is 4.40 Å². The van der Waals surface area contributed by atoms with Crippen LogP contribution in [-0.2, 0) is 30.4 Å². The molecule has 4 nitrogen and oxygen atoms in total. The van der Waals surface area contributed by atoms with Gasteiger partial charge < -0.3 is 4.74 Å². The zero-order valence-electron chi connectivity index (χ0n) is 21.2. The molecular weight excluding hydrogens is 430 g/mol. The van der Waals surface area contributed by atoms with Crippen LogP contribution >= 0.6 is 0 Å². The van der Waals surface area contributed by atoms with E-state index in [0.29, 0.717) is 6.61 Å². The highest BCUT2D eigenvalue weighted by atomic mass is 16.5. The summed E-state index contributed by atoms with van der Waals surface area (Å²) < 4.78 is 10.7. The van der Waals surface area contributed by atoms with Gasteiger partial charge in [0.05, 0.1) is 6.04 Å². The molecule has 5 aliphatic rings. The number of rotatable bonds is 2. The molecule has 0 N–H and O–H groups in total. The molecule has 178 valence electrons. The predicted octanol–water partition coefficient (Wildman–Crippen LogP) is 5.60. The van der Waals surface area contributed by atoms with Crippen LogP contribution in [0.15, 0.2) is 72.1 Å². The minimum absolute atomic E-state index is 0.109. The molecule has 35 heavy (non-hydrogen) atoms. The van der Waals surface area contributed by atoms with Gasteiger partial charge in [-0.25, -0.2) is 9.56 Å². The van der Waals surface area contributed by atoms with Crippen molar-refractivity contribution in [3.05, 3.63) is 101 Å². The first kappa shape index (κ1) is 22.1. The van der Waals surface area contributed by atoms with Crippen LogP contribution in [0.4, 0.5) is 0 Å². The van der Waals surface area contributed by atoms with Crippen LogP contribution < -0.4 is 4.57 Å². The van der Waals surface area contributed by atoms with Crippen LogP contribution in [0.2, 0.25) is 0 Å². The lowest BCUT2D eigenvalue weighted by atomic mass is 9.88. The van der Waals surface area contributed by atoms with Gasteiger partial charge in [0.25, 0.3) is 6.33 Å². The highest BCUT2D eigenvalue weighted by molar-refractivity contribution is 5.97. The maximum atomic E-state index is 6.15. The number of hydrogen-bond acceptors (Lipinski definition) is 2. The lowest BCUT2D eigenvalue weighted by Gasteiger charge is -2.21. The molecule has 0 amide bonds. The molecule has 0 unspecified atom stereocenters. The van der Waals surface area contributed by atoms with E-state index < -0.39 is 0 Å². The second-order valence-corrected chi connectivity index (χ2v) is 11.2. The monoisotopic (exact) mass is 464 g/mol. The SMILES string of the molecule is Cc1cccc2c[n+](-c3cc4ccc3CCc3ccc(c(C5=N[C@@H](C(C)(C)C)CO5)c3)CC4)cn12. The second kappa shape index (κ2) is 8.37. The Bertz CT molecular complexity index is 1450. The van der Waals surface area contributed by atoms with E-state index in [1.807, 2.05) is 0 Å². The van der Waals surface area contributed by atoms with E-state index in [9.17, 15) is 0 Å². The fourth-order valence-electron chi connectivity index (χ4n) is 5.28. The first-order valence-corrected chi connectivity index (χ1v) is 12.8. The minimum atomic E-state index is 0.109. The van der Waals surface area contributed by atoms with Crippen LogP contribution in [-0.4, -0.2) is 22.9 Å². The summed E-state index contributed by atoms with van der Waals surface area (Å²) in [6.07, 6.45) is 8.40. The topological polar surface area (TPSA) is 29.9 Å². The summed E-state index contributed by atoms with van der Waals surface area (Å²) >= 11 is 0. The van der Waals surface area contributed by atoms with E-state index in [4.69, 9.17) is 9.73 Å². The highest BCUT2D eigenvalue weighted by Crippen LogP contribution is 2.29. The Morgan fingerprint density at radius 3 is 2.40 bits per heavy atom. The summed E-state index contributed by atoms with van der Waals surface area (Å²) in [4.78, 5) is 5.01. The molecule has 1 atom stereocenters. The normalized spacial score (nSPS) is 17.8. The van der Waals surface area contributed by atoms with Crippen LogP contribution in [0, 0.1) is 12.3 Å². The number of imidazole rings is 1. The summed E-state index contributed by atoms with van der Waals surface area (Å²) in [5, 5.41) is 0. The number of aryl methyl sites for hydroxylation is 5. The van der Waals surface area contributed by atoms with Gasteiger partial charge in [-0.15, -0.1) is 0 Å². The zero-order valence-corrected chi connectivity index (χ0v) is 21.2. The molecule has 0 saturated carbocycles. The van der Waals surface area contributed by atoms with Crippen molar-refractivity contribution in [2.75, 3.05) is 6.61 Å². The lowest BCUT2D eigenvalue weighted by Crippen LogP contribution is -2.29. The molecule has 4 bridgehead atoms. The van der Waals surface area contributed by atoms with Crippen molar-refractivity contribution in [1.29, 1.82) is 0 Å². The van der Waals surface area contributed by atoms with Gasteiger partial charge in [0.1, 0.15) is 24.2 Å². The molecule has 0 spiro atoms. The minimum Gasteiger partial charge on any atom is -0.475 e. The second-order valence-electron chi connectivity index (χ2n) is 11.2. The Morgan fingerprint density at radius 2 is 1.66 bits per heavy atom. The fraction of sp³-hybridized carbons (Fsp3) is 0.355. The molecule has 0 saturated heterocycles. The lowest BCUT2D eigenvalue weighted by molar-refractivity contribution is -0.594. The Labute approximate surface area is 207 Å². The van der Waals surface area contributed by atoms with Crippen LogP contribution in [0.3, 0.4) is 0 Å². The third kappa shape index (κ3) is 4.16. The van der Waals surface area contributed by atoms with Gasteiger partial charge in [-0.05, 0) is 84.5 Å². The molecule has 9 rings (SSSR count). The van der Waals surface area contributed by atoms with E-state index in [-0.39, 0.29) is 11.5 Å². The van der Waals surface area contributed by atoms with Gasteiger partial charge in [0.2, 0.25) is 5.90 Å². The summed E-state index contributed by atoms with van der Waals surface area (Å²) in [5.41, 5.74) is 10.4. The smallest absolute Gasteiger partial charge is 0.254 e. The van der Waals surface area contributed by atoms with Gasteiger partial charge >= 0.3 is 0 Å². The van der Waals surface area contributed by atoms with Crippen molar-refractivity contribution in [2.24, 2.45) is 10.4 Å². The van der Waals surface area contributed by atoms with Gasteiger partial charge in [-0.3, -0.25) is 0 Å². The molecule has 0 radical (unpaired) electrons. The van der Waals surface area contributed by atoms with E-state index in [0.717, 1.165) is 31.6 Å². The number of benzene rings is 2. The van der Waals surface area contributed by atoms with Crippen LogP contribution in [0.25, 0.3) is 11.2 Å². The Balaban J connectivity index is 1.37. The van der Waals surface area contributed by atoms with Crippen molar-refractivity contribution in [3.63, 3.8) is 0 Å². The Kier molecular flexibility index (Phi) is 5.28. The van der Waals surface area contributed by atoms with E-state index in [2.05, 4.69) is 104 Å². The largest absolute Gasteiger partial charge is 0.475 e. The fourth-order valence-corrected chi connectivity index (χ4v) is 5.28. The molecule has 3 heterocycles. The molecule has 1 aliphatic heterocycles. The first-order chi connectivity index (χ1) is 16.8. The number of pyridine rings is 1. The molecule has 4 aliphatic carbocycles. The molecule has 2 aromatic carbocycles. The number of nitrogens with zero attached hydrogens (tertiary/aromatic N) is 3. The first-order valence-electron chi connectivity index (χ1n) is 12.8. The summed E-state index contributed by atoms with van der Waals surface area (Å²) in [7, 11) is 0. The van der Waals surface area contributed by atoms with Crippen molar-refractivity contribution in [2.45, 2.75) is 59.4 Å². The standard InChI is InChI=1S/C31H34N3O/c1-21-6-5-7-26-18-33(20-34(21)26)28-17-23-9-13-24-12-8-22(10-14-25(28)15-11-23)16-27(24)30-32-29(19-35-30)31(2,3)4/h5-8,11-12,15-18,20,29H,9-10,13-14,19H2,1-4H3/q+1/t29-/m1/s1. The summed E-state index contributed by atoms with van der Waals surface area (Å²) in [6.45, 7) is 9.56. The highest BCUT2D eigenvalue weighted by Gasteiger charge is 2.31.